The minimum Gasteiger partial charge on any atom is -0.277 e. The highest BCUT2D eigenvalue weighted by molar-refractivity contribution is 7.89. The molecule has 2 aromatic heterocycles. The molecule has 0 radical (unpaired) electrons. The topological polar surface area (TPSA) is 113 Å². The fraction of sp³-hybridized carbons (Fsp3) is 0.353. The van der Waals surface area contributed by atoms with E-state index < -0.39 is 45.3 Å². The molecule has 1 aromatic carbocycles. The van der Waals surface area contributed by atoms with Crippen LogP contribution in [0.1, 0.15) is 30.3 Å². The maximum absolute atomic E-state index is 13.7. The van der Waals surface area contributed by atoms with Crippen molar-refractivity contribution in [3.8, 4) is 17.5 Å². The lowest BCUT2D eigenvalue weighted by Gasteiger charge is -2.20. The van der Waals surface area contributed by atoms with Crippen molar-refractivity contribution < 1.29 is 21.6 Å². The van der Waals surface area contributed by atoms with Crippen molar-refractivity contribution in [2.75, 3.05) is 6.67 Å². The fourth-order valence-electron chi connectivity index (χ4n) is 3.38. The smallest absolute Gasteiger partial charge is 0.277 e. The molecular formula is C17H14F3N5O3S2. The van der Waals surface area contributed by atoms with Gasteiger partial charge in [0.2, 0.25) is 15.2 Å². The summed E-state index contributed by atoms with van der Waals surface area (Å²) in [7, 11) is -4.13. The van der Waals surface area contributed by atoms with Gasteiger partial charge in [-0.25, -0.2) is 31.7 Å². The molecule has 3 aromatic rings. The number of rotatable bonds is 6. The van der Waals surface area contributed by atoms with Crippen molar-refractivity contribution in [1.29, 1.82) is 0 Å². The van der Waals surface area contributed by atoms with Gasteiger partial charge in [0.1, 0.15) is 6.04 Å². The van der Waals surface area contributed by atoms with Gasteiger partial charge in [0.15, 0.2) is 5.01 Å². The Morgan fingerprint density at radius 3 is 2.50 bits per heavy atom. The monoisotopic (exact) mass is 457 g/mol. The van der Waals surface area contributed by atoms with Gasteiger partial charge in [-0.15, -0.1) is 16.6 Å². The SMILES string of the molecule is C#CC(n1c(=O)n(-c2nnc(C(F)F)s2)c2cc(S(N)(=O)=O)ccc21)C1(CF)CC1. The van der Waals surface area contributed by atoms with Crippen molar-refractivity contribution in [3.63, 3.8) is 0 Å². The molecule has 1 fully saturated rings. The van der Waals surface area contributed by atoms with Crippen LogP contribution in [0, 0.1) is 17.8 Å². The standard InChI is InChI=1S/C17H14F3N5O3S2/c1-2-12(17(8-18)5-6-17)24-10-4-3-9(30(21,27)28)7-11(10)25(16(24)26)15-23-22-14(29-15)13(19)20/h1,3-4,7,12-13H,5-6,8H2,(H2,21,27,28). The molecule has 1 aliphatic rings. The summed E-state index contributed by atoms with van der Waals surface area (Å²) in [6.07, 6.45) is 3.68. The molecule has 1 atom stereocenters. The lowest BCUT2D eigenvalue weighted by atomic mass is 9.98. The zero-order valence-corrected chi connectivity index (χ0v) is 16.8. The Bertz CT molecular complexity index is 1350. The minimum absolute atomic E-state index is 0.0263. The number of sulfonamides is 1. The summed E-state index contributed by atoms with van der Waals surface area (Å²) >= 11 is 0.469. The summed E-state index contributed by atoms with van der Waals surface area (Å²) in [4.78, 5) is 13.0. The van der Waals surface area contributed by atoms with E-state index in [1.54, 1.807) is 0 Å². The number of fused-ring (bicyclic) bond motifs is 1. The van der Waals surface area contributed by atoms with Gasteiger partial charge in [0.05, 0.1) is 22.6 Å². The first kappa shape index (κ1) is 20.6. The molecule has 0 aliphatic heterocycles. The quantitative estimate of drug-likeness (QED) is 0.570. The van der Waals surface area contributed by atoms with E-state index in [-0.39, 0.29) is 21.1 Å². The van der Waals surface area contributed by atoms with Crippen molar-refractivity contribution in [1.82, 2.24) is 19.3 Å². The summed E-state index contributed by atoms with van der Waals surface area (Å²) in [5.74, 6) is 2.45. The maximum atomic E-state index is 13.7. The lowest BCUT2D eigenvalue weighted by molar-refractivity contribution is 0.150. The molecule has 2 N–H and O–H groups in total. The second-order valence-electron chi connectivity index (χ2n) is 6.97. The van der Waals surface area contributed by atoms with Crippen molar-refractivity contribution in [2.45, 2.75) is 30.2 Å². The third-order valence-corrected chi connectivity index (χ3v) is 6.96. The van der Waals surface area contributed by atoms with Crippen molar-refractivity contribution in [2.24, 2.45) is 10.6 Å². The largest absolute Gasteiger partial charge is 0.336 e. The summed E-state index contributed by atoms with van der Waals surface area (Å²) in [6.45, 7) is -0.745. The molecule has 13 heteroatoms. The third kappa shape index (κ3) is 3.11. The minimum atomic E-state index is -4.13. The molecule has 0 saturated heterocycles. The number of hydrogen-bond acceptors (Lipinski definition) is 6. The Morgan fingerprint density at radius 2 is 2.00 bits per heavy atom. The second kappa shape index (κ2) is 6.93. The average molecular weight is 457 g/mol. The molecule has 158 valence electrons. The molecule has 0 spiro atoms. The number of terminal acetylenes is 1. The summed E-state index contributed by atoms with van der Waals surface area (Å²) < 4.78 is 65.4. The van der Waals surface area contributed by atoms with E-state index in [1.165, 1.54) is 12.1 Å². The van der Waals surface area contributed by atoms with E-state index in [1.807, 2.05) is 0 Å². The first-order valence-electron chi connectivity index (χ1n) is 8.57. The van der Waals surface area contributed by atoms with Gasteiger partial charge >= 0.3 is 5.69 Å². The Morgan fingerprint density at radius 1 is 1.30 bits per heavy atom. The molecule has 1 saturated carbocycles. The lowest BCUT2D eigenvalue weighted by Crippen LogP contribution is -2.31. The van der Waals surface area contributed by atoms with Gasteiger partial charge in [-0.1, -0.05) is 17.3 Å². The number of aromatic nitrogens is 4. The Balaban J connectivity index is 2.05. The van der Waals surface area contributed by atoms with Crippen LogP contribution in [-0.2, 0) is 10.0 Å². The van der Waals surface area contributed by atoms with Crippen LogP contribution in [0.25, 0.3) is 16.2 Å². The van der Waals surface area contributed by atoms with Gasteiger partial charge in [-0.2, -0.15) is 0 Å². The Labute approximate surface area is 172 Å². The van der Waals surface area contributed by atoms with E-state index in [9.17, 15) is 26.4 Å². The molecule has 4 rings (SSSR count). The molecule has 8 nitrogen and oxygen atoms in total. The summed E-state index contributed by atoms with van der Waals surface area (Å²) in [5.41, 5.74) is -1.45. The molecule has 1 unspecified atom stereocenters. The van der Waals surface area contributed by atoms with Crippen molar-refractivity contribution >= 4 is 32.4 Å². The number of halogens is 3. The fourth-order valence-corrected chi connectivity index (χ4v) is 4.62. The van der Waals surface area contributed by atoms with Crippen molar-refractivity contribution in [3.05, 3.63) is 33.7 Å². The summed E-state index contributed by atoms with van der Waals surface area (Å²) in [6, 6.07) is 2.67. The van der Waals surface area contributed by atoms with Crippen LogP contribution < -0.4 is 10.8 Å². The predicted octanol–water partition coefficient (Wildman–Crippen LogP) is 2.15. The Kier molecular flexibility index (Phi) is 4.75. The Hall–Kier alpha value is -2.69. The number of hydrogen-bond donors (Lipinski definition) is 1. The van der Waals surface area contributed by atoms with E-state index in [4.69, 9.17) is 11.6 Å². The van der Waals surface area contributed by atoms with Crippen LogP contribution in [0.15, 0.2) is 27.9 Å². The number of nitrogens with two attached hydrogens (primary N) is 1. The summed E-state index contributed by atoms with van der Waals surface area (Å²) in [5, 5.41) is 11.4. The van der Waals surface area contributed by atoms with Crippen LogP contribution in [0.2, 0.25) is 0 Å². The first-order chi connectivity index (χ1) is 14.1. The zero-order chi connectivity index (χ0) is 21.8. The maximum Gasteiger partial charge on any atom is 0.336 e. The highest BCUT2D eigenvalue weighted by Crippen LogP contribution is 2.54. The third-order valence-electron chi connectivity index (χ3n) is 5.14. The second-order valence-corrected chi connectivity index (χ2v) is 9.52. The van der Waals surface area contributed by atoms with Gasteiger partial charge in [-0.05, 0) is 31.0 Å². The first-order valence-corrected chi connectivity index (χ1v) is 10.9. The van der Waals surface area contributed by atoms with Gasteiger partial charge in [0, 0.05) is 5.41 Å². The van der Waals surface area contributed by atoms with Crippen LogP contribution in [0.5, 0.6) is 0 Å². The van der Waals surface area contributed by atoms with Gasteiger partial charge in [0.25, 0.3) is 6.43 Å². The van der Waals surface area contributed by atoms with Crippen LogP contribution in [-0.4, -0.2) is 34.4 Å². The van der Waals surface area contributed by atoms with Crippen LogP contribution >= 0.6 is 11.3 Å². The normalized spacial score (nSPS) is 16.7. The van der Waals surface area contributed by atoms with E-state index in [2.05, 4.69) is 16.1 Å². The van der Waals surface area contributed by atoms with Crippen LogP contribution in [0.4, 0.5) is 13.2 Å². The molecule has 30 heavy (non-hydrogen) atoms. The number of nitrogens with zero attached hydrogens (tertiary/aromatic N) is 4. The molecular weight excluding hydrogens is 443 g/mol. The number of primary sulfonamides is 1. The van der Waals surface area contributed by atoms with Gasteiger partial charge in [-0.3, -0.25) is 8.96 Å². The molecule has 0 bridgehead atoms. The van der Waals surface area contributed by atoms with E-state index >= 15 is 0 Å². The highest BCUT2D eigenvalue weighted by atomic mass is 32.2. The predicted molar refractivity (Wildman–Crippen MR) is 103 cm³/mol. The molecule has 1 aliphatic carbocycles. The highest BCUT2D eigenvalue weighted by Gasteiger charge is 2.51. The number of imidazole rings is 1. The van der Waals surface area contributed by atoms with E-state index in [0.717, 1.165) is 15.2 Å². The molecule has 0 amide bonds. The number of alkyl halides is 3. The number of benzene rings is 1. The average Bonchev–Trinajstić information content (AvgIpc) is 3.23. The van der Waals surface area contributed by atoms with Crippen LogP contribution in [0.3, 0.4) is 0 Å². The molecule has 2 heterocycles. The van der Waals surface area contributed by atoms with Gasteiger partial charge < -0.3 is 0 Å². The zero-order valence-electron chi connectivity index (χ0n) is 15.1. The van der Waals surface area contributed by atoms with E-state index in [0.29, 0.717) is 24.2 Å².